The van der Waals surface area contributed by atoms with Crippen LogP contribution in [0.15, 0.2) is 29.2 Å². The van der Waals surface area contributed by atoms with Crippen molar-refractivity contribution in [1.82, 2.24) is 5.32 Å². The third kappa shape index (κ3) is 5.10. The lowest BCUT2D eigenvalue weighted by molar-refractivity contribution is 0.652. The largest absolute Gasteiger partial charge is 0.317 e. The second-order valence-corrected chi connectivity index (χ2v) is 5.62. The molecule has 0 saturated carbocycles. The van der Waals surface area contributed by atoms with Crippen molar-refractivity contribution in [3.63, 3.8) is 0 Å². The number of halogens is 1. The Hall–Kier alpha value is -0.380. The van der Waals surface area contributed by atoms with Gasteiger partial charge in [-0.25, -0.2) is 0 Å². The normalized spacial score (nSPS) is 12.6. The molecule has 0 radical (unpaired) electrons. The van der Waals surface area contributed by atoms with Gasteiger partial charge >= 0.3 is 0 Å². The van der Waals surface area contributed by atoms with E-state index in [9.17, 15) is 4.21 Å². The summed E-state index contributed by atoms with van der Waals surface area (Å²) in [4.78, 5) is 0.822. The van der Waals surface area contributed by atoms with E-state index in [0.29, 0.717) is 10.8 Å². The average Bonchev–Trinajstić information content (AvgIpc) is 2.28. The highest BCUT2D eigenvalue weighted by atomic mass is 35.5. The molecule has 0 heterocycles. The molecule has 90 valence electrons. The Labute approximate surface area is 105 Å². The molecule has 16 heavy (non-hydrogen) atoms. The first-order valence-corrected chi connectivity index (χ1v) is 7.28. The van der Waals surface area contributed by atoms with Gasteiger partial charge < -0.3 is 5.32 Å². The van der Waals surface area contributed by atoms with Crippen LogP contribution in [0.2, 0.25) is 5.02 Å². The quantitative estimate of drug-likeness (QED) is 0.763. The minimum Gasteiger partial charge on any atom is -0.317 e. The minimum absolute atomic E-state index is 0.648. The first-order chi connectivity index (χ1) is 7.74. The van der Waals surface area contributed by atoms with E-state index in [2.05, 4.69) is 12.2 Å². The van der Waals surface area contributed by atoms with Crippen LogP contribution in [-0.2, 0) is 10.8 Å². The first-order valence-electron chi connectivity index (χ1n) is 5.58. The molecule has 0 fully saturated rings. The maximum atomic E-state index is 11.9. The molecule has 1 aromatic carbocycles. The van der Waals surface area contributed by atoms with Gasteiger partial charge in [-0.3, -0.25) is 4.21 Å². The van der Waals surface area contributed by atoms with Crippen molar-refractivity contribution in [1.29, 1.82) is 0 Å². The van der Waals surface area contributed by atoms with Crippen LogP contribution < -0.4 is 5.32 Å². The molecular weight excluding hydrogens is 242 g/mol. The molecule has 0 amide bonds. The predicted molar refractivity (Wildman–Crippen MR) is 70.5 cm³/mol. The zero-order valence-electron chi connectivity index (χ0n) is 9.54. The van der Waals surface area contributed by atoms with Crippen molar-refractivity contribution in [2.24, 2.45) is 0 Å². The zero-order valence-corrected chi connectivity index (χ0v) is 11.1. The fraction of sp³-hybridized carbons (Fsp3) is 0.500. The lowest BCUT2D eigenvalue weighted by atomic mass is 10.4. The Balaban J connectivity index is 2.30. The van der Waals surface area contributed by atoms with Gasteiger partial charge in [0, 0.05) is 15.7 Å². The number of rotatable bonds is 7. The minimum atomic E-state index is -0.924. The van der Waals surface area contributed by atoms with E-state index in [-0.39, 0.29) is 0 Å². The van der Waals surface area contributed by atoms with E-state index in [1.54, 1.807) is 12.1 Å². The molecule has 0 aromatic heterocycles. The molecule has 0 aliphatic heterocycles. The lowest BCUT2D eigenvalue weighted by Crippen LogP contribution is -2.17. The van der Waals surface area contributed by atoms with Crippen LogP contribution in [0.25, 0.3) is 0 Å². The van der Waals surface area contributed by atoms with Gasteiger partial charge in [0.15, 0.2) is 0 Å². The molecule has 0 aliphatic rings. The summed E-state index contributed by atoms with van der Waals surface area (Å²) in [7, 11) is -0.924. The van der Waals surface area contributed by atoms with Crippen molar-refractivity contribution in [3.05, 3.63) is 29.3 Å². The Morgan fingerprint density at radius 1 is 1.38 bits per heavy atom. The monoisotopic (exact) mass is 259 g/mol. The van der Waals surface area contributed by atoms with E-state index in [0.717, 1.165) is 30.8 Å². The van der Waals surface area contributed by atoms with E-state index < -0.39 is 10.8 Å². The molecule has 1 rings (SSSR count). The van der Waals surface area contributed by atoms with E-state index >= 15 is 0 Å². The van der Waals surface area contributed by atoms with Crippen molar-refractivity contribution in [2.45, 2.75) is 24.7 Å². The Morgan fingerprint density at radius 3 is 2.88 bits per heavy atom. The number of hydrogen-bond acceptors (Lipinski definition) is 2. The van der Waals surface area contributed by atoms with Crippen molar-refractivity contribution in [3.8, 4) is 0 Å². The highest BCUT2D eigenvalue weighted by Gasteiger charge is 2.03. The lowest BCUT2D eigenvalue weighted by Gasteiger charge is -2.04. The summed E-state index contributed by atoms with van der Waals surface area (Å²) < 4.78 is 11.9. The fourth-order valence-corrected chi connectivity index (χ4v) is 2.74. The van der Waals surface area contributed by atoms with E-state index in [4.69, 9.17) is 11.6 Å². The summed E-state index contributed by atoms with van der Waals surface area (Å²) in [6.07, 6.45) is 2.07. The van der Waals surface area contributed by atoms with Crippen LogP contribution in [-0.4, -0.2) is 23.1 Å². The molecule has 1 unspecified atom stereocenters. The van der Waals surface area contributed by atoms with Crippen molar-refractivity contribution in [2.75, 3.05) is 18.8 Å². The maximum absolute atomic E-state index is 11.9. The molecule has 0 saturated heterocycles. The summed E-state index contributed by atoms with van der Waals surface area (Å²) in [6, 6.07) is 7.27. The van der Waals surface area contributed by atoms with Gasteiger partial charge in [-0.1, -0.05) is 24.6 Å². The second kappa shape index (κ2) is 7.82. The molecule has 0 aliphatic carbocycles. The van der Waals surface area contributed by atoms with Gasteiger partial charge in [0.05, 0.1) is 10.8 Å². The topological polar surface area (TPSA) is 29.1 Å². The summed E-state index contributed by atoms with van der Waals surface area (Å²) in [6.45, 7) is 4.10. The molecule has 1 aromatic rings. The van der Waals surface area contributed by atoms with Gasteiger partial charge in [0.25, 0.3) is 0 Å². The SMILES string of the molecule is CCCNCCCS(=O)c1cccc(Cl)c1. The van der Waals surface area contributed by atoms with Gasteiger partial charge in [-0.05, 0) is 44.1 Å². The Morgan fingerprint density at radius 2 is 2.19 bits per heavy atom. The van der Waals surface area contributed by atoms with E-state index in [1.807, 2.05) is 12.1 Å². The van der Waals surface area contributed by atoms with Gasteiger partial charge in [0.2, 0.25) is 0 Å². The van der Waals surface area contributed by atoms with Crippen LogP contribution in [0.1, 0.15) is 19.8 Å². The fourth-order valence-electron chi connectivity index (χ4n) is 1.36. The van der Waals surface area contributed by atoms with Gasteiger partial charge in [0.1, 0.15) is 0 Å². The highest BCUT2D eigenvalue weighted by Crippen LogP contribution is 2.14. The third-order valence-corrected chi connectivity index (χ3v) is 3.84. The molecular formula is C12H18ClNOS. The molecule has 2 nitrogen and oxygen atoms in total. The average molecular weight is 260 g/mol. The van der Waals surface area contributed by atoms with Crippen LogP contribution in [0.3, 0.4) is 0 Å². The summed E-state index contributed by atoms with van der Waals surface area (Å²) in [5, 5.41) is 3.94. The summed E-state index contributed by atoms with van der Waals surface area (Å²) in [5.74, 6) is 0.692. The van der Waals surface area contributed by atoms with Crippen molar-refractivity contribution >= 4 is 22.4 Å². The van der Waals surface area contributed by atoms with Crippen molar-refractivity contribution < 1.29 is 4.21 Å². The molecule has 1 N–H and O–H groups in total. The summed E-state index contributed by atoms with van der Waals surface area (Å²) >= 11 is 5.84. The Kier molecular flexibility index (Phi) is 6.69. The molecule has 0 spiro atoms. The van der Waals surface area contributed by atoms with Gasteiger partial charge in [-0.2, -0.15) is 0 Å². The maximum Gasteiger partial charge on any atom is 0.0530 e. The number of hydrogen-bond donors (Lipinski definition) is 1. The first kappa shape index (κ1) is 13.7. The van der Waals surface area contributed by atoms with Crippen LogP contribution in [0.4, 0.5) is 0 Å². The van der Waals surface area contributed by atoms with Crippen LogP contribution in [0.5, 0.6) is 0 Å². The molecule has 4 heteroatoms. The van der Waals surface area contributed by atoms with Gasteiger partial charge in [-0.15, -0.1) is 0 Å². The molecule has 0 bridgehead atoms. The highest BCUT2D eigenvalue weighted by molar-refractivity contribution is 7.85. The standard InChI is InChI=1S/C12H18ClNOS/c1-2-7-14-8-4-9-16(15)12-6-3-5-11(13)10-12/h3,5-6,10,14H,2,4,7-9H2,1H3. The summed E-state index contributed by atoms with van der Waals surface area (Å²) in [5.41, 5.74) is 0. The third-order valence-electron chi connectivity index (χ3n) is 2.17. The smallest absolute Gasteiger partial charge is 0.0530 e. The number of benzene rings is 1. The van der Waals surface area contributed by atoms with Crippen LogP contribution >= 0.6 is 11.6 Å². The van der Waals surface area contributed by atoms with Crippen LogP contribution in [0, 0.1) is 0 Å². The van der Waals surface area contributed by atoms with E-state index in [1.165, 1.54) is 0 Å². The predicted octanol–water partition coefficient (Wildman–Crippen LogP) is 2.84. The number of nitrogens with one attached hydrogen (secondary N) is 1. The zero-order chi connectivity index (χ0) is 11.8. The molecule has 1 atom stereocenters. The second-order valence-electron chi connectivity index (χ2n) is 3.61. The Bertz CT molecular complexity index is 344.